The van der Waals surface area contributed by atoms with Crippen LogP contribution in [0.4, 0.5) is 10.1 Å². The molecule has 1 aliphatic heterocycles. The van der Waals surface area contributed by atoms with E-state index in [1.165, 1.54) is 17.9 Å². The van der Waals surface area contributed by atoms with Gasteiger partial charge in [0.05, 0.1) is 11.7 Å². The Bertz CT molecular complexity index is 636. The van der Waals surface area contributed by atoms with Crippen LogP contribution < -0.4 is 4.90 Å². The molecule has 0 aromatic heterocycles. The van der Waals surface area contributed by atoms with Gasteiger partial charge in [-0.3, -0.25) is 14.7 Å². The Labute approximate surface area is 146 Å². The van der Waals surface area contributed by atoms with E-state index in [2.05, 4.69) is 4.99 Å². The Hall–Kier alpha value is -1.27. The molecular weight excluding hydrogens is 337 g/mol. The highest BCUT2D eigenvalue weighted by Gasteiger charge is 2.36. The second kappa shape index (κ2) is 7.09. The highest BCUT2D eigenvalue weighted by atomic mass is 35.5. The van der Waals surface area contributed by atoms with Gasteiger partial charge in [-0.25, -0.2) is 4.39 Å². The lowest BCUT2D eigenvalue weighted by Crippen LogP contribution is -2.48. The zero-order valence-corrected chi connectivity index (χ0v) is 15.1. The molecule has 1 atom stereocenters. The zero-order chi connectivity index (χ0) is 15.9. The van der Waals surface area contributed by atoms with Gasteiger partial charge in [0.15, 0.2) is 5.17 Å². The maximum absolute atomic E-state index is 14.3. The van der Waals surface area contributed by atoms with Gasteiger partial charge >= 0.3 is 0 Å². The molecule has 0 N–H and O–H groups in total. The number of carbonyl (C=O) groups is 1. The molecule has 1 aliphatic carbocycles. The standard InChI is InChI=1S/C16H20FN3OS.ClH/c1-10-4-7-14(13(17)8-10)20(11(2)21)15-9-22-16(19(15)3)18-12-5-6-12;/h4,7-8,12,15H,5-6,9H2,1-3H3;1H. The van der Waals surface area contributed by atoms with Crippen LogP contribution in [0.3, 0.4) is 0 Å². The molecule has 3 rings (SSSR count). The lowest BCUT2D eigenvalue weighted by molar-refractivity contribution is -0.117. The number of carbonyl (C=O) groups excluding carboxylic acids is 1. The van der Waals surface area contributed by atoms with E-state index in [1.54, 1.807) is 17.8 Å². The van der Waals surface area contributed by atoms with E-state index in [4.69, 9.17) is 0 Å². The van der Waals surface area contributed by atoms with Crippen LogP contribution in [0, 0.1) is 12.7 Å². The van der Waals surface area contributed by atoms with Gasteiger partial charge in [-0.2, -0.15) is 0 Å². The monoisotopic (exact) mass is 357 g/mol. The molecule has 0 bridgehead atoms. The number of hydrogen-bond donors (Lipinski definition) is 0. The number of anilines is 1. The SMILES string of the molecule is CC(=O)N(c1ccc(C)cc1F)C1CSC(=NC2CC2)N1C.Cl. The molecule has 23 heavy (non-hydrogen) atoms. The van der Waals surface area contributed by atoms with Gasteiger partial charge in [0.1, 0.15) is 12.0 Å². The fraction of sp³-hybridized carbons (Fsp3) is 0.500. The molecule has 7 heteroatoms. The third-order valence-electron chi connectivity index (χ3n) is 3.95. The molecule has 1 aromatic rings. The average molecular weight is 358 g/mol. The molecule has 126 valence electrons. The zero-order valence-electron chi connectivity index (χ0n) is 13.5. The summed E-state index contributed by atoms with van der Waals surface area (Å²) in [6.45, 7) is 3.32. The maximum atomic E-state index is 14.3. The molecule has 1 unspecified atom stereocenters. The molecule has 4 nitrogen and oxygen atoms in total. The Balaban J connectivity index is 0.00000192. The molecule has 1 heterocycles. The van der Waals surface area contributed by atoms with Gasteiger partial charge < -0.3 is 4.90 Å². The van der Waals surface area contributed by atoms with Crippen molar-refractivity contribution >= 4 is 40.9 Å². The third kappa shape index (κ3) is 3.80. The van der Waals surface area contributed by atoms with E-state index in [-0.39, 0.29) is 30.3 Å². The van der Waals surface area contributed by atoms with Crippen LogP contribution in [0.25, 0.3) is 0 Å². The minimum absolute atomic E-state index is 0. The Morgan fingerprint density at radius 1 is 1.43 bits per heavy atom. The highest BCUT2D eigenvalue weighted by molar-refractivity contribution is 8.14. The van der Waals surface area contributed by atoms with E-state index in [0.29, 0.717) is 17.5 Å². The first-order chi connectivity index (χ1) is 10.5. The maximum Gasteiger partial charge on any atom is 0.225 e. The summed E-state index contributed by atoms with van der Waals surface area (Å²) in [5.41, 5.74) is 1.18. The first-order valence-corrected chi connectivity index (χ1v) is 8.45. The molecule has 2 aliphatic rings. The Morgan fingerprint density at radius 3 is 2.70 bits per heavy atom. The highest BCUT2D eigenvalue weighted by Crippen LogP contribution is 2.33. The first-order valence-electron chi connectivity index (χ1n) is 7.46. The summed E-state index contributed by atoms with van der Waals surface area (Å²) in [5, 5.41) is 0.950. The van der Waals surface area contributed by atoms with E-state index in [1.807, 2.05) is 24.9 Å². The largest absolute Gasteiger partial charge is 0.333 e. The summed E-state index contributed by atoms with van der Waals surface area (Å²) in [6.07, 6.45) is 2.09. The summed E-state index contributed by atoms with van der Waals surface area (Å²) in [5.74, 6) is 0.184. The number of rotatable bonds is 3. The molecule has 0 spiro atoms. The van der Waals surface area contributed by atoms with E-state index in [9.17, 15) is 9.18 Å². The number of thioether (sulfide) groups is 1. The second-order valence-corrected chi connectivity index (χ2v) is 6.88. The van der Waals surface area contributed by atoms with Gasteiger partial charge in [-0.05, 0) is 37.5 Å². The average Bonchev–Trinajstić information content (AvgIpc) is 3.19. The number of aliphatic imine (C=N–C) groups is 1. The van der Waals surface area contributed by atoms with E-state index < -0.39 is 0 Å². The van der Waals surface area contributed by atoms with Crippen molar-refractivity contribution in [2.45, 2.75) is 38.9 Å². The van der Waals surface area contributed by atoms with Crippen LogP contribution in [-0.2, 0) is 4.79 Å². The summed E-state index contributed by atoms with van der Waals surface area (Å²) in [6, 6.07) is 5.41. The lowest BCUT2D eigenvalue weighted by atomic mass is 10.2. The second-order valence-electron chi connectivity index (χ2n) is 5.89. The van der Waals surface area contributed by atoms with Crippen molar-refractivity contribution in [3.63, 3.8) is 0 Å². The van der Waals surface area contributed by atoms with Crippen molar-refractivity contribution in [2.24, 2.45) is 4.99 Å². The van der Waals surface area contributed by atoms with Crippen LogP contribution in [0.5, 0.6) is 0 Å². The smallest absolute Gasteiger partial charge is 0.225 e. The summed E-state index contributed by atoms with van der Waals surface area (Å²) < 4.78 is 14.3. The summed E-state index contributed by atoms with van der Waals surface area (Å²) in [4.78, 5) is 20.3. The molecule has 0 radical (unpaired) electrons. The number of halogens is 2. The van der Waals surface area contributed by atoms with Gasteiger partial charge in [0.25, 0.3) is 0 Å². The van der Waals surface area contributed by atoms with E-state index >= 15 is 0 Å². The van der Waals surface area contributed by atoms with Crippen molar-refractivity contribution < 1.29 is 9.18 Å². The van der Waals surface area contributed by atoms with Crippen LogP contribution in [0.2, 0.25) is 0 Å². The van der Waals surface area contributed by atoms with Crippen molar-refractivity contribution in [3.05, 3.63) is 29.6 Å². The number of aryl methyl sites for hydroxylation is 1. The van der Waals surface area contributed by atoms with Crippen LogP contribution in [0.1, 0.15) is 25.3 Å². The number of hydrogen-bond acceptors (Lipinski definition) is 3. The predicted molar refractivity (Wildman–Crippen MR) is 96.0 cm³/mol. The topological polar surface area (TPSA) is 35.9 Å². The molecule has 1 saturated heterocycles. The lowest BCUT2D eigenvalue weighted by Gasteiger charge is -2.33. The number of benzene rings is 1. The predicted octanol–water partition coefficient (Wildman–Crippen LogP) is 3.43. The third-order valence-corrected chi connectivity index (χ3v) is 5.07. The normalized spacial score (nSPS) is 22.2. The number of amidine groups is 1. The Kier molecular flexibility index (Phi) is 5.57. The van der Waals surface area contributed by atoms with Crippen LogP contribution >= 0.6 is 24.2 Å². The molecule has 2 fully saturated rings. The first kappa shape index (κ1) is 18.1. The Morgan fingerprint density at radius 2 is 2.13 bits per heavy atom. The molecule has 1 amide bonds. The van der Waals surface area contributed by atoms with Gasteiger partial charge in [0, 0.05) is 19.7 Å². The van der Waals surface area contributed by atoms with Crippen molar-refractivity contribution in [3.8, 4) is 0 Å². The number of amides is 1. The minimum Gasteiger partial charge on any atom is -0.333 e. The van der Waals surface area contributed by atoms with E-state index in [0.717, 1.165) is 23.6 Å². The van der Waals surface area contributed by atoms with Gasteiger partial charge in [0.2, 0.25) is 5.91 Å². The summed E-state index contributed by atoms with van der Waals surface area (Å²) in [7, 11) is 1.92. The fourth-order valence-electron chi connectivity index (χ4n) is 2.57. The van der Waals surface area contributed by atoms with Gasteiger partial charge in [-0.1, -0.05) is 17.8 Å². The van der Waals surface area contributed by atoms with Crippen LogP contribution in [-0.4, -0.2) is 41.0 Å². The van der Waals surface area contributed by atoms with Crippen LogP contribution in [0.15, 0.2) is 23.2 Å². The van der Waals surface area contributed by atoms with Crippen molar-refractivity contribution in [1.82, 2.24) is 4.90 Å². The van der Waals surface area contributed by atoms with Gasteiger partial charge in [-0.15, -0.1) is 12.4 Å². The molecule has 1 saturated carbocycles. The quantitative estimate of drug-likeness (QED) is 0.831. The van der Waals surface area contributed by atoms with Crippen molar-refractivity contribution in [2.75, 3.05) is 17.7 Å². The minimum atomic E-state index is -0.360. The molecular formula is C16H21ClFN3OS. The fourth-order valence-corrected chi connectivity index (χ4v) is 3.79. The summed E-state index contributed by atoms with van der Waals surface area (Å²) >= 11 is 1.64. The van der Waals surface area contributed by atoms with Crippen molar-refractivity contribution in [1.29, 1.82) is 0 Å². The number of nitrogens with zero attached hydrogens (tertiary/aromatic N) is 3. The molecule has 1 aromatic carbocycles.